The Kier molecular flexibility index (Phi) is 4.72. The molecule has 0 spiro atoms. The van der Waals surface area contributed by atoms with Gasteiger partial charge < -0.3 is 9.30 Å². The van der Waals surface area contributed by atoms with E-state index in [1.165, 1.54) is 18.7 Å². The molecule has 21 heavy (non-hydrogen) atoms. The molecule has 0 saturated carbocycles. The van der Waals surface area contributed by atoms with E-state index in [1.54, 1.807) is 6.33 Å². The van der Waals surface area contributed by atoms with Gasteiger partial charge in [0.2, 0.25) is 0 Å². The van der Waals surface area contributed by atoms with Crippen molar-refractivity contribution in [3.8, 4) is 5.69 Å². The maximum Gasteiger partial charge on any atom is 0.330 e. The van der Waals surface area contributed by atoms with Gasteiger partial charge in [-0.2, -0.15) is 0 Å². The van der Waals surface area contributed by atoms with E-state index < -0.39 is 0 Å². The van der Waals surface area contributed by atoms with Gasteiger partial charge >= 0.3 is 5.97 Å². The van der Waals surface area contributed by atoms with Crippen LogP contribution in [0.4, 0.5) is 0 Å². The molecule has 4 nitrogen and oxygen atoms in total. The number of aryl methyl sites for hydroxylation is 1. The first kappa shape index (κ1) is 14.8. The molecule has 108 valence electrons. The Morgan fingerprint density at radius 2 is 2.00 bits per heavy atom. The van der Waals surface area contributed by atoms with Crippen LogP contribution in [0.3, 0.4) is 0 Å². The van der Waals surface area contributed by atoms with Gasteiger partial charge in [-0.1, -0.05) is 23.8 Å². The summed E-state index contributed by atoms with van der Waals surface area (Å²) in [4.78, 5) is 15.4. The highest BCUT2D eigenvalue weighted by molar-refractivity contribution is 5.83. The lowest BCUT2D eigenvalue weighted by Crippen LogP contribution is -1.94. The Balaban J connectivity index is 2.11. The number of carbonyl (C=O) groups excluding carboxylic acids is 1. The van der Waals surface area contributed by atoms with Gasteiger partial charge in [0, 0.05) is 18.0 Å². The highest BCUT2D eigenvalue weighted by Gasteiger charge is 1.99. The van der Waals surface area contributed by atoms with Crippen LogP contribution in [0.2, 0.25) is 0 Å². The van der Waals surface area contributed by atoms with E-state index in [2.05, 4.69) is 28.8 Å². The average Bonchev–Trinajstić information content (AvgIpc) is 2.94. The molecule has 1 aromatic carbocycles. The van der Waals surface area contributed by atoms with Crippen LogP contribution in [-0.4, -0.2) is 22.6 Å². The lowest BCUT2D eigenvalue weighted by atomic mass is 10.2. The zero-order valence-electron chi connectivity index (χ0n) is 12.4. The summed E-state index contributed by atoms with van der Waals surface area (Å²) < 4.78 is 6.53. The summed E-state index contributed by atoms with van der Waals surface area (Å²) in [7, 11) is 1.36. The van der Waals surface area contributed by atoms with Crippen molar-refractivity contribution in [2.75, 3.05) is 7.11 Å². The first-order valence-electron chi connectivity index (χ1n) is 6.64. The number of aromatic nitrogens is 2. The minimum Gasteiger partial charge on any atom is -0.466 e. The van der Waals surface area contributed by atoms with Gasteiger partial charge in [-0.15, -0.1) is 0 Å². The predicted molar refractivity (Wildman–Crippen MR) is 83.1 cm³/mol. The topological polar surface area (TPSA) is 44.1 Å². The van der Waals surface area contributed by atoms with Crippen molar-refractivity contribution in [1.29, 1.82) is 0 Å². The molecule has 0 aliphatic heterocycles. The second kappa shape index (κ2) is 6.70. The Hall–Kier alpha value is -2.62. The number of esters is 1. The van der Waals surface area contributed by atoms with Crippen LogP contribution in [-0.2, 0) is 9.53 Å². The van der Waals surface area contributed by atoms with Crippen LogP contribution in [0.1, 0.15) is 18.2 Å². The van der Waals surface area contributed by atoms with Crippen LogP contribution in [0.15, 0.2) is 54.5 Å². The van der Waals surface area contributed by atoms with Crippen molar-refractivity contribution >= 4 is 12.0 Å². The number of benzene rings is 1. The fourth-order valence-electron chi connectivity index (χ4n) is 1.79. The van der Waals surface area contributed by atoms with Crippen LogP contribution in [0.25, 0.3) is 11.8 Å². The molecule has 0 unspecified atom stereocenters. The van der Waals surface area contributed by atoms with E-state index in [-0.39, 0.29) is 5.97 Å². The lowest BCUT2D eigenvalue weighted by molar-refractivity contribution is -0.134. The van der Waals surface area contributed by atoms with Crippen molar-refractivity contribution in [1.82, 2.24) is 9.55 Å². The molecule has 0 N–H and O–H groups in total. The second-order valence-corrected chi connectivity index (χ2v) is 4.79. The smallest absolute Gasteiger partial charge is 0.330 e. The number of methoxy groups -OCH3 is 1. The zero-order valence-corrected chi connectivity index (χ0v) is 12.4. The quantitative estimate of drug-likeness (QED) is 0.491. The van der Waals surface area contributed by atoms with Gasteiger partial charge in [-0.05, 0) is 37.6 Å². The molecule has 0 amide bonds. The summed E-state index contributed by atoms with van der Waals surface area (Å²) in [6.45, 7) is 3.90. The number of nitrogens with zero attached hydrogens (tertiary/aromatic N) is 2. The van der Waals surface area contributed by atoms with Gasteiger partial charge in [0.15, 0.2) is 0 Å². The average molecular weight is 282 g/mol. The first-order valence-corrected chi connectivity index (χ1v) is 6.64. The lowest BCUT2D eigenvalue weighted by Gasteiger charge is -2.01. The predicted octanol–water partition coefficient (Wildman–Crippen LogP) is 3.31. The number of rotatable bonds is 4. The third-order valence-corrected chi connectivity index (χ3v) is 3.00. The van der Waals surface area contributed by atoms with E-state index in [4.69, 9.17) is 0 Å². The molecule has 0 radical (unpaired) electrons. The molecule has 0 aliphatic rings. The molecule has 4 heteroatoms. The number of hydrogen-bond acceptors (Lipinski definition) is 3. The Labute approximate surface area is 124 Å². The first-order chi connectivity index (χ1) is 10.1. The van der Waals surface area contributed by atoms with Gasteiger partial charge in [0.1, 0.15) is 0 Å². The van der Waals surface area contributed by atoms with Crippen molar-refractivity contribution in [2.24, 2.45) is 0 Å². The SMILES string of the molecule is COC(=O)/C=C(C)/C=C/c1cn(-c2ccc(C)cc2)cn1. The normalized spacial score (nSPS) is 11.9. The van der Waals surface area contributed by atoms with Gasteiger partial charge in [-0.25, -0.2) is 9.78 Å². The number of allylic oxidation sites excluding steroid dienone is 2. The van der Waals surface area contributed by atoms with E-state index in [0.717, 1.165) is 17.0 Å². The van der Waals surface area contributed by atoms with Gasteiger partial charge in [0.05, 0.1) is 19.1 Å². The third-order valence-electron chi connectivity index (χ3n) is 3.00. The minimum atomic E-state index is -0.359. The third kappa shape index (κ3) is 4.18. The number of hydrogen-bond donors (Lipinski definition) is 0. The summed E-state index contributed by atoms with van der Waals surface area (Å²) in [5.41, 5.74) is 3.93. The summed E-state index contributed by atoms with van der Waals surface area (Å²) in [6, 6.07) is 8.22. The molecule has 1 heterocycles. The van der Waals surface area contributed by atoms with Crippen molar-refractivity contribution in [2.45, 2.75) is 13.8 Å². The molecule has 0 bridgehead atoms. The largest absolute Gasteiger partial charge is 0.466 e. The van der Waals surface area contributed by atoms with Crippen LogP contribution in [0, 0.1) is 6.92 Å². The van der Waals surface area contributed by atoms with Crippen LogP contribution < -0.4 is 0 Å². The monoisotopic (exact) mass is 282 g/mol. The van der Waals surface area contributed by atoms with E-state index in [9.17, 15) is 4.79 Å². The minimum absolute atomic E-state index is 0.359. The zero-order chi connectivity index (χ0) is 15.2. The molecule has 0 saturated heterocycles. The van der Waals surface area contributed by atoms with Gasteiger partial charge in [-0.3, -0.25) is 0 Å². The summed E-state index contributed by atoms with van der Waals surface area (Å²) >= 11 is 0. The molecule has 2 aromatic rings. The van der Waals surface area contributed by atoms with E-state index >= 15 is 0 Å². The maximum atomic E-state index is 11.1. The second-order valence-electron chi connectivity index (χ2n) is 4.79. The Bertz CT molecular complexity index is 679. The fraction of sp³-hybridized carbons (Fsp3) is 0.176. The highest BCUT2D eigenvalue weighted by atomic mass is 16.5. The van der Waals surface area contributed by atoms with Crippen LogP contribution >= 0.6 is 0 Å². The Morgan fingerprint density at radius 3 is 2.67 bits per heavy atom. The Morgan fingerprint density at radius 1 is 1.29 bits per heavy atom. The van der Waals surface area contributed by atoms with Crippen molar-refractivity contribution in [3.63, 3.8) is 0 Å². The van der Waals surface area contributed by atoms with Crippen molar-refractivity contribution in [3.05, 3.63) is 65.8 Å². The number of imidazole rings is 1. The maximum absolute atomic E-state index is 11.1. The molecule has 0 atom stereocenters. The fourth-order valence-corrected chi connectivity index (χ4v) is 1.79. The molecule has 1 aromatic heterocycles. The van der Waals surface area contributed by atoms with Crippen molar-refractivity contribution < 1.29 is 9.53 Å². The molecular formula is C17H18N2O2. The summed E-state index contributed by atoms with van der Waals surface area (Å²) in [5.74, 6) is -0.359. The summed E-state index contributed by atoms with van der Waals surface area (Å²) in [5, 5.41) is 0. The number of carbonyl (C=O) groups is 1. The highest BCUT2D eigenvalue weighted by Crippen LogP contribution is 2.11. The molecule has 0 aliphatic carbocycles. The number of ether oxygens (including phenoxy) is 1. The van der Waals surface area contributed by atoms with Gasteiger partial charge in [0.25, 0.3) is 0 Å². The molecule has 0 fully saturated rings. The molecular weight excluding hydrogens is 264 g/mol. The molecule has 2 rings (SSSR count). The van der Waals surface area contributed by atoms with Crippen LogP contribution in [0.5, 0.6) is 0 Å². The summed E-state index contributed by atoms with van der Waals surface area (Å²) in [6.07, 6.45) is 8.84. The van der Waals surface area contributed by atoms with E-state index in [1.807, 2.05) is 42.0 Å². The van der Waals surface area contributed by atoms with E-state index in [0.29, 0.717) is 0 Å². The standard InChI is InChI=1S/C17H18N2O2/c1-13-5-8-16(9-6-13)19-11-15(18-12-19)7-4-14(2)10-17(20)21-3/h4-12H,1-3H3/b7-4+,14-10+.